The number of hydrogen-bond donors (Lipinski definition) is 0. The topological polar surface area (TPSA) is 34.1 Å². The molecule has 0 aliphatic carbocycles. The van der Waals surface area contributed by atoms with Crippen molar-refractivity contribution in [3.8, 4) is 0 Å². The molecule has 2 heteroatoms. The first-order chi connectivity index (χ1) is 9.72. The van der Waals surface area contributed by atoms with Gasteiger partial charge in [0.25, 0.3) is 0 Å². The van der Waals surface area contributed by atoms with Crippen LogP contribution in [0.1, 0.15) is 46.0 Å². The second-order valence-electron chi connectivity index (χ2n) is 4.80. The minimum Gasteiger partial charge on any atom is -0.294 e. The summed E-state index contributed by atoms with van der Waals surface area (Å²) in [6, 6.07) is 16.5. The number of benzene rings is 2. The average molecular weight is 266 g/mol. The third kappa shape index (κ3) is 3.41. The van der Waals surface area contributed by atoms with Crippen LogP contribution in [0, 0.1) is 0 Å². The van der Waals surface area contributed by atoms with Crippen LogP contribution in [-0.4, -0.2) is 11.6 Å². The molecule has 20 heavy (non-hydrogen) atoms. The second kappa shape index (κ2) is 6.80. The van der Waals surface area contributed by atoms with Gasteiger partial charge in [0.2, 0.25) is 0 Å². The zero-order chi connectivity index (χ0) is 14.4. The zero-order valence-electron chi connectivity index (χ0n) is 11.6. The Morgan fingerprint density at radius 2 is 1.50 bits per heavy atom. The third-order valence-corrected chi connectivity index (χ3v) is 3.25. The molecule has 2 rings (SSSR count). The fourth-order valence-corrected chi connectivity index (χ4v) is 2.25. The molecular formula is C18H18O2. The van der Waals surface area contributed by atoms with E-state index in [9.17, 15) is 9.59 Å². The molecule has 2 aromatic rings. The minimum absolute atomic E-state index is 0.0647. The smallest absolute Gasteiger partial charge is 0.170 e. The maximum absolute atomic E-state index is 12.3. The summed E-state index contributed by atoms with van der Waals surface area (Å²) in [4.78, 5) is 24.4. The first-order valence-corrected chi connectivity index (χ1v) is 6.91. The van der Waals surface area contributed by atoms with E-state index in [1.54, 1.807) is 12.1 Å². The van der Waals surface area contributed by atoms with Crippen molar-refractivity contribution < 1.29 is 9.59 Å². The molecule has 0 saturated carbocycles. The van der Waals surface area contributed by atoms with E-state index in [1.807, 2.05) is 42.5 Å². The number of ketones is 2. The molecular weight excluding hydrogens is 248 g/mol. The van der Waals surface area contributed by atoms with Gasteiger partial charge in [-0.15, -0.1) is 0 Å². The Balaban J connectivity index is 2.15. The van der Waals surface area contributed by atoms with Crippen LogP contribution in [0.2, 0.25) is 0 Å². The number of aryl methyl sites for hydroxylation is 1. The quantitative estimate of drug-likeness (QED) is 0.583. The lowest BCUT2D eigenvalue weighted by Gasteiger charge is -2.07. The normalized spacial score (nSPS) is 10.2. The maximum atomic E-state index is 12.3. The molecule has 0 saturated heterocycles. The maximum Gasteiger partial charge on any atom is 0.170 e. The van der Waals surface area contributed by atoms with Gasteiger partial charge < -0.3 is 0 Å². The summed E-state index contributed by atoms with van der Waals surface area (Å²) in [7, 11) is 0. The second-order valence-corrected chi connectivity index (χ2v) is 4.80. The lowest BCUT2D eigenvalue weighted by atomic mass is 9.96. The van der Waals surface area contributed by atoms with E-state index >= 15 is 0 Å². The van der Waals surface area contributed by atoms with Crippen LogP contribution in [0.15, 0.2) is 54.6 Å². The van der Waals surface area contributed by atoms with Gasteiger partial charge in [0.05, 0.1) is 6.42 Å². The van der Waals surface area contributed by atoms with Crippen molar-refractivity contribution in [2.24, 2.45) is 0 Å². The summed E-state index contributed by atoms with van der Waals surface area (Å²) in [5, 5.41) is 0. The molecule has 102 valence electrons. The minimum atomic E-state index is -0.123. The van der Waals surface area contributed by atoms with Gasteiger partial charge in [0.15, 0.2) is 11.6 Å². The molecule has 2 nitrogen and oxygen atoms in total. The van der Waals surface area contributed by atoms with Crippen LogP contribution in [-0.2, 0) is 6.42 Å². The molecule has 0 amide bonds. The molecule has 2 aromatic carbocycles. The highest BCUT2D eigenvalue weighted by molar-refractivity contribution is 6.13. The standard InChI is InChI=1S/C18H18O2/c1-2-8-14-9-6-7-12-16(14)18(20)13-17(19)15-10-4-3-5-11-15/h3-7,9-12H,2,8,13H2,1H3. The number of carbonyl (C=O) groups excluding carboxylic acids is 2. The zero-order valence-corrected chi connectivity index (χ0v) is 11.6. The number of carbonyl (C=O) groups is 2. The van der Waals surface area contributed by atoms with E-state index < -0.39 is 0 Å². The molecule has 0 fully saturated rings. The van der Waals surface area contributed by atoms with Crippen molar-refractivity contribution in [3.63, 3.8) is 0 Å². The highest BCUT2D eigenvalue weighted by Crippen LogP contribution is 2.15. The summed E-state index contributed by atoms with van der Waals surface area (Å²) >= 11 is 0. The van der Waals surface area contributed by atoms with Crippen molar-refractivity contribution in [1.29, 1.82) is 0 Å². The van der Waals surface area contributed by atoms with E-state index in [1.165, 1.54) is 0 Å². The molecule has 0 unspecified atom stereocenters. The van der Waals surface area contributed by atoms with Crippen molar-refractivity contribution in [1.82, 2.24) is 0 Å². The monoisotopic (exact) mass is 266 g/mol. The summed E-state index contributed by atoms with van der Waals surface area (Å²) in [6.45, 7) is 2.08. The molecule has 0 atom stereocenters. The molecule has 0 spiro atoms. The fraction of sp³-hybridized carbons (Fsp3) is 0.222. The summed E-state index contributed by atoms with van der Waals surface area (Å²) in [6.07, 6.45) is 1.78. The van der Waals surface area contributed by atoms with Crippen molar-refractivity contribution in [3.05, 3.63) is 71.3 Å². The number of hydrogen-bond acceptors (Lipinski definition) is 2. The third-order valence-electron chi connectivity index (χ3n) is 3.25. The van der Waals surface area contributed by atoms with Gasteiger partial charge in [-0.05, 0) is 12.0 Å². The highest BCUT2D eigenvalue weighted by atomic mass is 16.1. The van der Waals surface area contributed by atoms with Crippen molar-refractivity contribution in [2.45, 2.75) is 26.2 Å². The largest absolute Gasteiger partial charge is 0.294 e. The van der Waals surface area contributed by atoms with Crippen LogP contribution in [0.3, 0.4) is 0 Å². The number of Topliss-reactive ketones (excluding diaryl/α,β-unsaturated/α-hetero) is 2. The lowest BCUT2D eigenvalue weighted by Crippen LogP contribution is -2.10. The van der Waals surface area contributed by atoms with E-state index in [0.29, 0.717) is 11.1 Å². The van der Waals surface area contributed by atoms with Crippen molar-refractivity contribution in [2.75, 3.05) is 0 Å². The van der Waals surface area contributed by atoms with Crippen LogP contribution in [0.4, 0.5) is 0 Å². The van der Waals surface area contributed by atoms with Gasteiger partial charge in [-0.1, -0.05) is 67.9 Å². The van der Waals surface area contributed by atoms with E-state index in [0.717, 1.165) is 18.4 Å². The Kier molecular flexibility index (Phi) is 4.83. The molecule has 0 aliphatic rings. The van der Waals surface area contributed by atoms with E-state index in [4.69, 9.17) is 0 Å². The van der Waals surface area contributed by atoms with Crippen molar-refractivity contribution >= 4 is 11.6 Å². The Morgan fingerprint density at radius 1 is 0.850 bits per heavy atom. The first-order valence-electron chi connectivity index (χ1n) is 6.91. The highest BCUT2D eigenvalue weighted by Gasteiger charge is 2.15. The van der Waals surface area contributed by atoms with Gasteiger partial charge in [-0.3, -0.25) is 9.59 Å². The first kappa shape index (κ1) is 14.2. The molecule has 0 bridgehead atoms. The van der Waals surface area contributed by atoms with Gasteiger partial charge in [-0.25, -0.2) is 0 Å². The van der Waals surface area contributed by atoms with Crippen LogP contribution in [0.25, 0.3) is 0 Å². The molecule has 0 aliphatic heterocycles. The summed E-state index contributed by atoms with van der Waals surface area (Å²) in [5.41, 5.74) is 2.30. The fourth-order valence-electron chi connectivity index (χ4n) is 2.25. The van der Waals surface area contributed by atoms with E-state index in [2.05, 4.69) is 6.92 Å². The Bertz CT molecular complexity index is 600. The predicted molar refractivity (Wildman–Crippen MR) is 80.2 cm³/mol. The van der Waals surface area contributed by atoms with Gasteiger partial charge in [0, 0.05) is 11.1 Å². The Hall–Kier alpha value is -2.22. The van der Waals surface area contributed by atoms with Gasteiger partial charge in [-0.2, -0.15) is 0 Å². The summed E-state index contributed by atoms with van der Waals surface area (Å²) in [5.74, 6) is -0.218. The average Bonchev–Trinajstić information content (AvgIpc) is 2.49. The van der Waals surface area contributed by atoms with Gasteiger partial charge in [0.1, 0.15) is 0 Å². The molecule has 0 heterocycles. The number of rotatable bonds is 6. The Labute approximate surface area is 119 Å². The van der Waals surface area contributed by atoms with Gasteiger partial charge >= 0.3 is 0 Å². The predicted octanol–water partition coefficient (Wildman–Crippen LogP) is 4.09. The molecule has 0 radical (unpaired) electrons. The molecule has 0 aromatic heterocycles. The lowest BCUT2D eigenvalue weighted by molar-refractivity contribution is 0.0894. The van der Waals surface area contributed by atoms with E-state index in [-0.39, 0.29) is 18.0 Å². The molecule has 0 N–H and O–H groups in total. The SMILES string of the molecule is CCCc1ccccc1C(=O)CC(=O)c1ccccc1. The van der Waals surface area contributed by atoms with Crippen LogP contribution >= 0.6 is 0 Å². The van der Waals surface area contributed by atoms with Crippen LogP contribution in [0.5, 0.6) is 0 Å². The Morgan fingerprint density at radius 3 is 2.20 bits per heavy atom. The summed E-state index contributed by atoms with van der Waals surface area (Å²) < 4.78 is 0. The van der Waals surface area contributed by atoms with Crippen LogP contribution < -0.4 is 0 Å².